The molecule has 0 spiro atoms. The van der Waals surface area contributed by atoms with E-state index in [9.17, 15) is 4.79 Å². The van der Waals surface area contributed by atoms with E-state index in [-0.39, 0.29) is 11.8 Å². The number of hydrogen-bond acceptors (Lipinski definition) is 6. The number of anilines is 2. The van der Waals surface area contributed by atoms with Crippen molar-refractivity contribution in [2.45, 2.75) is 25.7 Å². The second kappa shape index (κ2) is 8.12. The molecule has 28 heavy (non-hydrogen) atoms. The van der Waals surface area contributed by atoms with Crippen LogP contribution in [0.4, 0.5) is 11.6 Å². The third-order valence-electron chi connectivity index (χ3n) is 4.79. The van der Waals surface area contributed by atoms with Crippen molar-refractivity contribution in [2.24, 2.45) is 0 Å². The highest BCUT2D eigenvalue weighted by atomic mass is 16.2. The van der Waals surface area contributed by atoms with E-state index < -0.39 is 0 Å². The van der Waals surface area contributed by atoms with Gasteiger partial charge in [-0.3, -0.25) is 9.78 Å². The largest absolute Gasteiger partial charge is 0.338 e. The van der Waals surface area contributed by atoms with Crippen LogP contribution in [0, 0.1) is 6.92 Å². The summed E-state index contributed by atoms with van der Waals surface area (Å²) in [6.45, 7) is 3.34. The number of aromatic nitrogens is 4. The van der Waals surface area contributed by atoms with E-state index in [0.29, 0.717) is 18.2 Å². The Balaban J connectivity index is 1.52. The van der Waals surface area contributed by atoms with Gasteiger partial charge in [-0.1, -0.05) is 18.2 Å². The lowest BCUT2D eigenvalue weighted by molar-refractivity contribution is 0.0704. The Morgan fingerprint density at radius 1 is 1.14 bits per heavy atom. The van der Waals surface area contributed by atoms with E-state index in [1.165, 1.54) is 0 Å². The van der Waals surface area contributed by atoms with Gasteiger partial charge < -0.3 is 10.2 Å². The van der Waals surface area contributed by atoms with Crippen LogP contribution in [-0.4, -0.2) is 43.8 Å². The number of carbonyl (C=O) groups excluding carboxylic acids is 1. The zero-order valence-electron chi connectivity index (χ0n) is 15.7. The van der Waals surface area contributed by atoms with Gasteiger partial charge in [0.1, 0.15) is 17.5 Å². The first-order valence-electron chi connectivity index (χ1n) is 9.42. The Hall–Kier alpha value is -3.35. The molecule has 0 bridgehead atoms. The molecule has 4 rings (SSSR count). The molecule has 2 aromatic heterocycles. The normalized spacial score (nSPS) is 16.6. The van der Waals surface area contributed by atoms with Gasteiger partial charge in [0.15, 0.2) is 0 Å². The molecule has 1 atom stereocenters. The van der Waals surface area contributed by atoms with Crippen molar-refractivity contribution in [3.63, 3.8) is 0 Å². The molecule has 1 saturated heterocycles. The Labute approximate surface area is 163 Å². The van der Waals surface area contributed by atoms with Crippen LogP contribution in [0.25, 0.3) is 0 Å². The van der Waals surface area contributed by atoms with Gasteiger partial charge in [0.2, 0.25) is 0 Å². The van der Waals surface area contributed by atoms with Crippen LogP contribution in [0.2, 0.25) is 0 Å². The highest BCUT2D eigenvalue weighted by Crippen LogP contribution is 2.27. The lowest BCUT2D eigenvalue weighted by Gasteiger charge is -2.32. The van der Waals surface area contributed by atoms with E-state index in [1.807, 2.05) is 48.2 Å². The number of carbonyl (C=O) groups is 1. The minimum Gasteiger partial charge on any atom is -0.338 e. The molecular formula is C21H22N6O. The fraction of sp³-hybridized carbons (Fsp3) is 0.286. The summed E-state index contributed by atoms with van der Waals surface area (Å²) in [6.07, 6.45) is 6.81. The molecule has 0 radical (unpaired) electrons. The molecule has 1 aromatic carbocycles. The van der Waals surface area contributed by atoms with E-state index in [4.69, 9.17) is 4.98 Å². The van der Waals surface area contributed by atoms with E-state index >= 15 is 0 Å². The summed E-state index contributed by atoms with van der Waals surface area (Å²) >= 11 is 0. The molecule has 142 valence electrons. The number of rotatable bonds is 4. The smallest absolute Gasteiger partial charge is 0.253 e. The molecular weight excluding hydrogens is 352 g/mol. The lowest BCUT2D eigenvalue weighted by atomic mass is 9.96. The first-order chi connectivity index (χ1) is 13.7. The Morgan fingerprint density at radius 3 is 2.79 bits per heavy atom. The molecule has 1 amide bonds. The Bertz CT molecular complexity index is 948. The van der Waals surface area contributed by atoms with E-state index in [1.54, 1.807) is 18.6 Å². The number of likely N-dealkylation sites (tertiary alicyclic amines) is 1. The van der Waals surface area contributed by atoms with Crippen LogP contribution in [-0.2, 0) is 0 Å². The maximum atomic E-state index is 12.8. The van der Waals surface area contributed by atoms with Crippen molar-refractivity contribution in [1.29, 1.82) is 0 Å². The first-order valence-corrected chi connectivity index (χ1v) is 9.42. The van der Waals surface area contributed by atoms with Gasteiger partial charge in [-0.25, -0.2) is 15.0 Å². The molecule has 7 heteroatoms. The predicted molar refractivity (Wildman–Crippen MR) is 106 cm³/mol. The topological polar surface area (TPSA) is 83.9 Å². The number of aryl methyl sites for hydroxylation is 1. The minimum absolute atomic E-state index is 0.0656. The minimum atomic E-state index is 0.0656. The van der Waals surface area contributed by atoms with Gasteiger partial charge >= 0.3 is 0 Å². The Kier molecular flexibility index (Phi) is 5.23. The summed E-state index contributed by atoms with van der Waals surface area (Å²) in [6, 6.07) is 11.3. The summed E-state index contributed by atoms with van der Waals surface area (Å²) in [5.41, 5.74) is 1.60. The fourth-order valence-corrected chi connectivity index (χ4v) is 3.47. The quantitative estimate of drug-likeness (QED) is 0.754. The summed E-state index contributed by atoms with van der Waals surface area (Å²) < 4.78 is 0. The van der Waals surface area contributed by atoms with Crippen LogP contribution in [0.3, 0.4) is 0 Å². The fourth-order valence-electron chi connectivity index (χ4n) is 3.47. The first kappa shape index (κ1) is 18.0. The zero-order chi connectivity index (χ0) is 19.3. The van der Waals surface area contributed by atoms with E-state index in [2.05, 4.69) is 20.3 Å². The van der Waals surface area contributed by atoms with Crippen molar-refractivity contribution >= 4 is 17.5 Å². The third kappa shape index (κ3) is 4.14. The molecule has 3 heterocycles. The molecule has 1 aliphatic heterocycles. The number of piperidine rings is 1. The summed E-state index contributed by atoms with van der Waals surface area (Å²) in [7, 11) is 0. The van der Waals surface area contributed by atoms with Crippen LogP contribution in [0.15, 0.2) is 55.0 Å². The van der Waals surface area contributed by atoms with Crippen LogP contribution in [0.1, 0.15) is 40.6 Å². The van der Waals surface area contributed by atoms with Crippen LogP contribution in [0.5, 0.6) is 0 Å². The van der Waals surface area contributed by atoms with Crippen molar-refractivity contribution in [3.8, 4) is 0 Å². The molecule has 0 aliphatic carbocycles. The second-order valence-corrected chi connectivity index (χ2v) is 6.92. The molecule has 3 aromatic rings. The van der Waals surface area contributed by atoms with Crippen molar-refractivity contribution in [2.75, 3.05) is 18.4 Å². The van der Waals surface area contributed by atoms with Crippen LogP contribution < -0.4 is 5.32 Å². The maximum Gasteiger partial charge on any atom is 0.253 e. The number of nitrogens with zero attached hydrogens (tertiary/aromatic N) is 5. The van der Waals surface area contributed by atoms with Crippen molar-refractivity contribution in [1.82, 2.24) is 24.8 Å². The molecule has 1 fully saturated rings. The third-order valence-corrected chi connectivity index (χ3v) is 4.79. The lowest BCUT2D eigenvalue weighted by Crippen LogP contribution is -2.39. The second-order valence-electron chi connectivity index (χ2n) is 6.92. The average molecular weight is 374 g/mol. The monoisotopic (exact) mass is 374 g/mol. The van der Waals surface area contributed by atoms with Gasteiger partial charge in [0.05, 0.1) is 6.20 Å². The summed E-state index contributed by atoms with van der Waals surface area (Å²) in [5, 5.41) is 3.18. The van der Waals surface area contributed by atoms with Gasteiger partial charge in [-0.2, -0.15) is 0 Å². The molecule has 1 aliphatic rings. The van der Waals surface area contributed by atoms with Crippen LogP contribution >= 0.6 is 0 Å². The van der Waals surface area contributed by atoms with Gasteiger partial charge in [0, 0.05) is 48.7 Å². The molecule has 1 N–H and O–H groups in total. The standard InChI is InChI=1S/C21H22N6O/c1-15-12-18(25-19-13-22-9-10-23-19)26-20(24-15)17-8-5-11-27(14-17)21(28)16-6-3-2-4-7-16/h2-4,6-7,9-10,12-13,17H,5,8,11,14H2,1H3,(H,23,24,25,26). The number of hydrogen-bond donors (Lipinski definition) is 1. The highest BCUT2D eigenvalue weighted by Gasteiger charge is 2.27. The SMILES string of the molecule is Cc1cc(Nc2cnccn2)nc(C2CCCN(C(=O)c3ccccc3)C2)n1. The van der Waals surface area contributed by atoms with Gasteiger partial charge in [0.25, 0.3) is 5.91 Å². The summed E-state index contributed by atoms with van der Waals surface area (Å²) in [5.74, 6) is 2.27. The number of amides is 1. The zero-order valence-corrected chi connectivity index (χ0v) is 15.7. The maximum absolute atomic E-state index is 12.8. The van der Waals surface area contributed by atoms with Crippen molar-refractivity contribution < 1.29 is 4.79 Å². The average Bonchev–Trinajstić information content (AvgIpc) is 2.74. The highest BCUT2D eigenvalue weighted by molar-refractivity contribution is 5.94. The van der Waals surface area contributed by atoms with Crippen molar-refractivity contribution in [3.05, 3.63) is 72.1 Å². The Morgan fingerprint density at radius 2 is 2.00 bits per heavy atom. The number of nitrogens with one attached hydrogen (secondary N) is 1. The van der Waals surface area contributed by atoms with E-state index in [0.717, 1.165) is 36.5 Å². The molecule has 1 unspecified atom stereocenters. The van der Waals surface area contributed by atoms with Gasteiger partial charge in [-0.05, 0) is 31.9 Å². The summed E-state index contributed by atoms with van der Waals surface area (Å²) in [4.78, 5) is 32.3. The van der Waals surface area contributed by atoms with Gasteiger partial charge in [-0.15, -0.1) is 0 Å². The molecule has 0 saturated carbocycles. The predicted octanol–water partition coefficient (Wildman–Crippen LogP) is 3.34. The molecule has 7 nitrogen and oxygen atoms in total. The number of benzene rings is 1.